The molecule has 1 unspecified atom stereocenters. The summed E-state index contributed by atoms with van der Waals surface area (Å²) >= 11 is 0. The molecule has 1 aliphatic heterocycles. The lowest BCUT2D eigenvalue weighted by atomic mass is 9.71. The second-order valence-corrected chi connectivity index (χ2v) is 6.60. The highest BCUT2D eigenvalue weighted by Gasteiger charge is 2.41. The summed E-state index contributed by atoms with van der Waals surface area (Å²) in [4.78, 5) is 0. The molecule has 0 amide bonds. The van der Waals surface area contributed by atoms with E-state index in [4.69, 9.17) is 5.73 Å². The fraction of sp³-hybridized carbons (Fsp3) is 1.00. The fourth-order valence-corrected chi connectivity index (χ4v) is 4.50. The van der Waals surface area contributed by atoms with Gasteiger partial charge in [-0.1, -0.05) is 13.8 Å². The zero-order valence-electron chi connectivity index (χ0n) is 9.12. The molecule has 14 heavy (non-hydrogen) atoms. The maximum absolute atomic E-state index is 11.4. The number of nitrogens with two attached hydrogens (primary N) is 1. The third kappa shape index (κ3) is 2.11. The zero-order valence-corrected chi connectivity index (χ0v) is 9.94. The smallest absolute Gasteiger partial charge is 0.150 e. The van der Waals surface area contributed by atoms with Crippen LogP contribution in [0.2, 0.25) is 0 Å². The van der Waals surface area contributed by atoms with Gasteiger partial charge in [-0.2, -0.15) is 0 Å². The maximum Gasteiger partial charge on any atom is 0.150 e. The van der Waals surface area contributed by atoms with Gasteiger partial charge in [0, 0.05) is 0 Å². The molecule has 0 radical (unpaired) electrons. The van der Waals surface area contributed by atoms with Gasteiger partial charge in [-0.05, 0) is 37.1 Å². The molecule has 0 aromatic rings. The van der Waals surface area contributed by atoms with Crippen molar-refractivity contribution in [3.05, 3.63) is 0 Å². The van der Waals surface area contributed by atoms with Crippen molar-refractivity contribution in [3.63, 3.8) is 0 Å². The standard InChI is InChI=1S/C10H21NO2S/c1-3-10(4-2,8-11)9-5-6-14(12,13)7-9/h9H,3-8,11H2,1-2H3. The van der Waals surface area contributed by atoms with Gasteiger partial charge in [0.05, 0.1) is 11.5 Å². The summed E-state index contributed by atoms with van der Waals surface area (Å²) in [6.45, 7) is 4.84. The van der Waals surface area contributed by atoms with Crippen molar-refractivity contribution < 1.29 is 8.42 Å². The van der Waals surface area contributed by atoms with Crippen molar-refractivity contribution >= 4 is 9.84 Å². The summed E-state index contributed by atoms with van der Waals surface area (Å²) in [5.41, 5.74) is 5.86. The largest absolute Gasteiger partial charge is 0.330 e. The van der Waals surface area contributed by atoms with Gasteiger partial charge in [0.1, 0.15) is 0 Å². The van der Waals surface area contributed by atoms with Gasteiger partial charge in [0.2, 0.25) is 0 Å². The van der Waals surface area contributed by atoms with Crippen LogP contribution in [0.5, 0.6) is 0 Å². The second kappa shape index (κ2) is 4.19. The average Bonchev–Trinajstić information content (AvgIpc) is 2.51. The van der Waals surface area contributed by atoms with Crippen LogP contribution in [0.4, 0.5) is 0 Å². The predicted octanol–water partition coefficient (Wildman–Crippen LogP) is 1.19. The first-order chi connectivity index (χ1) is 6.49. The fourth-order valence-electron chi connectivity index (χ4n) is 2.56. The van der Waals surface area contributed by atoms with Crippen LogP contribution in [-0.2, 0) is 9.84 Å². The molecule has 1 saturated heterocycles. The Balaban J connectivity index is 2.82. The Morgan fingerprint density at radius 2 is 1.93 bits per heavy atom. The molecule has 1 atom stereocenters. The van der Waals surface area contributed by atoms with E-state index in [1.54, 1.807) is 0 Å². The summed E-state index contributed by atoms with van der Waals surface area (Å²) in [7, 11) is -2.76. The molecule has 0 aromatic heterocycles. The van der Waals surface area contributed by atoms with Crippen LogP contribution in [0, 0.1) is 11.3 Å². The molecule has 2 N–H and O–H groups in total. The second-order valence-electron chi connectivity index (χ2n) is 4.37. The summed E-state index contributed by atoms with van der Waals surface area (Å²) in [6, 6.07) is 0. The summed E-state index contributed by atoms with van der Waals surface area (Å²) in [6.07, 6.45) is 2.78. The Kier molecular flexibility index (Phi) is 3.58. The quantitative estimate of drug-likeness (QED) is 0.772. The Hall–Kier alpha value is -0.0900. The van der Waals surface area contributed by atoms with E-state index in [-0.39, 0.29) is 11.3 Å². The van der Waals surface area contributed by atoms with Crippen molar-refractivity contribution in [2.75, 3.05) is 18.1 Å². The molecule has 0 spiro atoms. The molecule has 1 aliphatic rings. The van der Waals surface area contributed by atoms with Crippen molar-refractivity contribution in [1.29, 1.82) is 0 Å². The molecule has 84 valence electrons. The highest BCUT2D eigenvalue weighted by Crippen LogP contribution is 2.40. The normalized spacial score (nSPS) is 26.6. The molecule has 1 heterocycles. The van der Waals surface area contributed by atoms with Crippen LogP contribution in [0.15, 0.2) is 0 Å². The van der Waals surface area contributed by atoms with Crippen molar-refractivity contribution in [1.82, 2.24) is 0 Å². The molecule has 1 rings (SSSR count). The van der Waals surface area contributed by atoms with Crippen LogP contribution < -0.4 is 5.73 Å². The van der Waals surface area contributed by atoms with E-state index in [1.165, 1.54) is 0 Å². The first kappa shape index (κ1) is 12.0. The van der Waals surface area contributed by atoms with Crippen LogP contribution in [0.1, 0.15) is 33.1 Å². The van der Waals surface area contributed by atoms with E-state index in [9.17, 15) is 8.42 Å². The van der Waals surface area contributed by atoms with Crippen molar-refractivity contribution in [2.24, 2.45) is 17.1 Å². The first-order valence-electron chi connectivity index (χ1n) is 5.40. The lowest BCUT2D eigenvalue weighted by Gasteiger charge is -2.35. The highest BCUT2D eigenvalue weighted by molar-refractivity contribution is 7.91. The summed E-state index contributed by atoms with van der Waals surface area (Å²) in [5.74, 6) is 0.998. The molecule has 0 aromatic carbocycles. The monoisotopic (exact) mass is 219 g/mol. The molecular formula is C10H21NO2S. The lowest BCUT2D eigenvalue weighted by Crippen LogP contribution is -2.37. The maximum atomic E-state index is 11.4. The van der Waals surface area contributed by atoms with E-state index in [0.29, 0.717) is 18.1 Å². The number of hydrogen-bond donors (Lipinski definition) is 1. The molecule has 0 bridgehead atoms. The minimum absolute atomic E-state index is 0.0591. The van der Waals surface area contributed by atoms with E-state index in [1.807, 2.05) is 0 Å². The topological polar surface area (TPSA) is 60.2 Å². The number of rotatable bonds is 4. The van der Waals surface area contributed by atoms with Gasteiger partial charge >= 0.3 is 0 Å². The minimum Gasteiger partial charge on any atom is -0.330 e. The Bertz CT molecular complexity index is 272. The summed E-state index contributed by atoms with van der Waals surface area (Å²) in [5, 5.41) is 0. The van der Waals surface area contributed by atoms with Crippen molar-refractivity contribution in [3.8, 4) is 0 Å². The van der Waals surface area contributed by atoms with E-state index in [2.05, 4.69) is 13.8 Å². The van der Waals surface area contributed by atoms with Gasteiger partial charge < -0.3 is 5.73 Å². The van der Waals surface area contributed by atoms with Crippen LogP contribution in [0.3, 0.4) is 0 Å². The average molecular weight is 219 g/mol. The van der Waals surface area contributed by atoms with Crippen molar-refractivity contribution in [2.45, 2.75) is 33.1 Å². The van der Waals surface area contributed by atoms with Crippen LogP contribution >= 0.6 is 0 Å². The van der Waals surface area contributed by atoms with E-state index in [0.717, 1.165) is 19.3 Å². The van der Waals surface area contributed by atoms with Gasteiger partial charge in [-0.3, -0.25) is 0 Å². The van der Waals surface area contributed by atoms with Crippen LogP contribution in [-0.4, -0.2) is 26.5 Å². The molecule has 4 heteroatoms. The highest BCUT2D eigenvalue weighted by atomic mass is 32.2. The number of sulfone groups is 1. The van der Waals surface area contributed by atoms with E-state index < -0.39 is 9.84 Å². The third-order valence-corrected chi connectivity index (χ3v) is 5.68. The van der Waals surface area contributed by atoms with Crippen LogP contribution in [0.25, 0.3) is 0 Å². The predicted molar refractivity (Wildman–Crippen MR) is 58.8 cm³/mol. The number of hydrogen-bond acceptors (Lipinski definition) is 3. The molecule has 3 nitrogen and oxygen atoms in total. The SMILES string of the molecule is CCC(CC)(CN)C1CCS(=O)(=O)C1. The zero-order chi connectivity index (χ0) is 10.8. The Morgan fingerprint density at radius 1 is 1.36 bits per heavy atom. The van der Waals surface area contributed by atoms with Gasteiger partial charge in [-0.25, -0.2) is 8.42 Å². The lowest BCUT2D eigenvalue weighted by molar-refractivity contribution is 0.171. The Labute approximate surface area is 87.0 Å². The Morgan fingerprint density at radius 3 is 2.21 bits per heavy atom. The van der Waals surface area contributed by atoms with Gasteiger partial charge in [-0.15, -0.1) is 0 Å². The third-order valence-electron chi connectivity index (χ3n) is 3.91. The molecular weight excluding hydrogens is 198 g/mol. The van der Waals surface area contributed by atoms with Gasteiger partial charge in [0.15, 0.2) is 9.84 Å². The molecule has 0 aliphatic carbocycles. The minimum atomic E-state index is -2.76. The molecule has 1 fully saturated rings. The summed E-state index contributed by atoms with van der Waals surface area (Å²) < 4.78 is 22.8. The molecule has 0 saturated carbocycles. The van der Waals surface area contributed by atoms with E-state index >= 15 is 0 Å². The van der Waals surface area contributed by atoms with Gasteiger partial charge in [0.25, 0.3) is 0 Å². The first-order valence-corrected chi connectivity index (χ1v) is 7.22.